The van der Waals surface area contributed by atoms with Gasteiger partial charge in [0.1, 0.15) is 5.82 Å². The Morgan fingerprint density at radius 1 is 1.21 bits per heavy atom. The molecule has 0 heterocycles. The van der Waals surface area contributed by atoms with Crippen LogP contribution in [0.2, 0.25) is 0 Å². The standard InChI is InChI=1S/C14H11BrFNO2/c15-13(10-4-2-1-3-5-10)8-11-6-7-12(16)9-14(11)17(18)19/h1-7,9,13H,8H2. The highest BCUT2D eigenvalue weighted by molar-refractivity contribution is 9.09. The second-order valence-electron chi connectivity index (χ2n) is 4.11. The first kappa shape index (κ1) is 13.7. The van der Waals surface area contributed by atoms with E-state index >= 15 is 0 Å². The average Bonchev–Trinajstić information content (AvgIpc) is 2.41. The Labute approximate surface area is 118 Å². The van der Waals surface area contributed by atoms with Gasteiger partial charge in [-0.15, -0.1) is 0 Å². The monoisotopic (exact) mass is 323 g/mol. The first-order chi connectivity index (χ1) is 9.08. The van der Waals surface area contributed by atoms with Gasteiger partial charge in [-0.25, -0.2) is 4.39 Å². The number of nitro benzene ring substituents is 1. The molecule has 2 aromatic rings. The van der Waals surface area contributed by atoms with Crippen molar-refractivity contribution in [2.45, 2.75) is 11.2 Å². The molecule has 0 spiro atoms. The lowest BCUT2D eigenvalue weighted by Gasteiger charge is -2.10. The number of rotatable bonds is 4. The molecule has 0 bridgehead atoms. The summed E-state index contributed by atoms with van der Waals surface area (Å²) < 4.78 is 13.1. The number of nitrogens with zero attached hydrogens (tertiary/aromatic N) is 1. The van der Waals surface area contributed by atoms with Gasteiger partial charge < -0.3 is 0 Å². The number of benzene rings is 2. The molecule has 2 aromatic carbocycles. The van der Waals surface area contributed by atoms with Gasteiger partial charge in [0.15, 0.2) is 0 Å². The third-order valence-electron chi connectivity index (χ3n) is 2.80. The van der Waals surface area contributed by atoms with E-state index in [2.05, 4.69) is 15.9 Å². The van der Waals surface area contributed by atoms with E-state index in [0.29, 0.717) is 12.0 Å². The maximum atomic E-state index is 13.1. The minimum atomic E-state index is -0.596. The lowest BCUT2D eigenvalue weighted by atomic mass is 10.0. The fraction of sp³-hybridized carbons (Fsp3) is 0.143. The van der Waals surface area contributed by atoms with E-state index in [4.69, 9.17) is 0 Å². The predicted octanol–water partition coefficient (Wildman–Crippen LogP) is 4.41. The molecule has 0 aromatic heterocycles. The second-order valence-corrected chi connectivity index (χ2v) is 5.22. The van der Waals surface area contributed by atoms with E-state index in [0.717, 1.165) is 11.6 Å². The van der Waals surface area contributed by atoms with E-state index in [9.17, 15) is 14.5 Å². The van der Waals surface area contributed by atoms with Gasteiger partial charge in [0.05, 0.1) is 11.0 Å². The molecule has 0 amide bonds. The van der Waals surface area contributed by atoms with Crippen molar-refractivity contribution in [1.29, 1.82) is 0 Å². The van der Waals surface area contributed by atoms with Crippen LogP contribution in [0.1, 0.15) is 16.0 Å². The van der Waals surface area contributed by atoms with Crippen LogP contribution in [0.4, 0.5) is 10.1 Å². The summed E-state index contributed by atoms with van der Waals surface area (Å²) in [6.45, 7) is 0. The number of hydrogen-bond donors (Lipinski definition) is 0. The Morgan fingerprint density at radius 3 is 2.53 bits per heavy atom. The van der Waals surface area contributed by atoms with E-state index in [1.807, 2.05) is 30.3 Å². The summed E-state index contributed by atoms with van der Waals surface area (Å²) in [6.07, 6.45) is 0.431. The molecule has 98 valence electrons. The largest absolute Gasteiger partial charge is 0.275 e. The van der Waals surface area contributed by atoms with Crippen molar-refractivity contribution in [2.24, 2.45) is 0 Å². The maximum absolute atomic E-state index is 13.1. The Hall–Kier alpha value is -1.75. The summed E-state index contributed by atoms with van der Waals surface area (Å²) in [4.78, 5) is 10.3. The number of nitro groups is 1. The zero-order valence-corrected chi connectivity index (χ0v) is 11.5. The van der Waals surface area contributed by atoms with Crippen LogP contribution in [0.3, 0.4) is 0 Å². The van der Waals surface area contributed by atoms with Gasteiger partial charge in [-0.3, -0.25) is 10.1 Å². The summed E-state index contributed by atoms with van der Waals surface area (Å²) in [5, 5.41) is 10.9. The van der Waals surface area contributed by atoms with Crippen LogP contribution in [0.25, 0.3) is 0 Å². The molecule has 0 aliphatic rings. The van der Waals surface area contributed by atoms with Crippen LogP contribution in [0, 0.1) is 15.9 Å². The summed E-state index contributed by atoms with van der Waals surface area (Å²) in [7, 11) is 0. The minimum absolute atomic E-state index is 0.0436. The molecular weight excluding hydrogens is 313 g/mol. The van der Waals surface area contributed by atoms with Crippen molar-refractivity contribution in [3.05, 3.63) is 75.6 Å². The Morgan fingerprint density at radius 2 is 1.89 bits per heavy atom. The fourth-order valence-corrected chi connectivity index (χ4v) is 2.51. The van der Waals surface area contributed by atoms with Gasteiger partial charge in [0, 0.05) is 10.4 Å². The molecule has 0 radical (unpaired) electrons. The first-order valence-electron chi connectivity index (χ1n) is 5.70. The molecule has 1 atom stereocenters. The Bertz CT molecular complexity index is 589. The zero-order chi connectivity index (χ0) is 13.8. The SMILES string of the molecule is O=[N+]([O-])c1cc(F)ccc1CC(Br)c1ccccc1. The molecule has 0 saturated carbocycles. The molecular formula is C14H11BrFNO2. The highest BCUT2D eigenvalue weighted by atomic mass is 79.9. The highest BCUT2D eigenvalue weighted by Gasteiger charge is 2.18. The summed E-state index contributed by atoms with van der Waals surface area (Å²) in [5.41, 5.74) is 1.36. The number of alkyl halides is 1. The third kappa shape index (κ3) is 3.38. The summed E-state index contributed by atoms with van der Waals surface area (Å²) in [6, 6.07) is 13.3. The lowest BCUT2D eigenvalue weighted by Crippen LogP contribution is -2.00. The van der Waals surface area contributed by atoms with Crippen LogP contribution in [0.5, 0.6) is 0 Å². The number of halogens is 2. The molecule has 0 fully saturated rings. The van der Waals surface area contributed by atoms with Gasteiger partial charge >= 0.3 is 0 Å². The van der Waals surface area contributed by atoms with E-state index in [1.165, 1.54) is 12.1 Å². The molecule has 2 rings (SSSR count). The molecule has 5 heteroatoms. The highest BCUT2D eigenvalue weighted by Crippen LogP contribution is 2.30. The topological polar surface area (TPSA) is 43.1 Å². The molecule has 3 nitrogen and oxygen atoms in total. The summed E-state index contributed by atoms with van der Waals surface area (Å²) >= 11 is 3.51. The van der Waals surface area contributed by atoms with Gasteiger partial charge in [-0.05, 0) is 24.1 Å². The Kier molecular flexibility index (Phi) is 4.27. The predicted molar refractivity (Wildman–Crippen MR) is 74.9 cm³/mol. The molecule has 0 aliphatic heterocycles. The van der Waals surface area contributed by atoms with Crippen molar-refractivity contribution < 1.29 is 9.31 Å². The number of hydrogen-bond acceptors (Lipinski definition) is 2. The normalized spacial score (nSPS) is 12.1. The van der Waals surface area contributed by atoms with E-state index in [-0.39, 0.29) is 10.5 Å². The average molecular weight is 324 g/mol. The quantitative estimate of drug-likeness (QED) is 0.475. The second kappa shape index (κ2) is 5.93. The molecule has 0 saturated heterocycles. The van der Waals surface area contributed by atoms with Gasteiger partial charge in [0.25, 0.3) is 5.69 Å². The lowest BCUT2D eigenvalue weighted by molar-refractivity contribution is -0.385. The van der Waals surface area contributed by atoms with Crippen molar-refractivity contribution in [1.82, 2.24) is 0 Å². The maximum Gasteiger partial charge on any atom is 0.275 e. The minimum Gasteiger partial charge on any atom is -0.258 e. The molecule has 0 N–H and O–H groups in total. The van der Waals surface area contributed by atoms with Crippen molar-refractivity contribution in [3.8, 4) is 0 Å². The molecule has 19 heavy (non-hydrogen) atoms. The smallest absolute Gasteiger partial charge is 0.258 e. The fourth-order valence-electron chi connectivity index (χ4n) is 1.85. The van der Waals surface area contributed by atoms with Gasteiger partial charge in [-0.2, -0.15) is 0 Å². The van der Waals surface area contributed by atoms with Crippen LogP contribution >= 0.6 is 15.9 Å². The van der Waals surface area contributed by atoms with E-state index < -0.39 is 10.7 Å². The van der Waals surface area contributed by atoms with Gasteiger partial charge in [-0.1, -0.05) is 46.3 Å². The van der Waals surface area contributed by atoms with E-state index in [1.54, 1.807) is 0 Å². The van der Waals surface area contributed by atoms with Crippen LogP contribution in [0.15, 0.2) is 48.5 Å². The van der Waals surface area contributed by atoms with Crippen molar-refractivity contribution in [3.63, 3.8) is 0 Å². The first-order valence-corrected chi connectivity index (χ1v) is 6.61. The van der Waals surface area contributed by atoms with Gasteiger partial charge in [0.2, 0.25) is 0 Å². The van der Waals surface area contributed by atoms with Crippen LogP contribution < -0.4 is 0 Å². The van der Waals surface area contributed by atoms with Crippen LogP contribution in [-0.2, 0) is 6.42 Å². The third-order valence-corrected chi connectivity index (χ3v) is 3.66. The van der Waals surface area contributed by atoms with Crippen molar-refractivity contribution >= 4 is 21.6 Å². The molecule has 0 aliphatic carbocycles. The summed E-state index contributed by atoms with van der Waals surface area (Å²) in [5.74, 6) is -0.596. The molecule has 1 unspecified atom stereocenters. The zero-order valence-electron chi connectivity index (χ0n) is 9.92. The Balaban J connectivity index is 2.26. The van der Waals surface area contributed by atoms with Crippen LogP contribution in [-0.4, -0.2) is 4.92 Å². The van der Waals surface area contributed by atoms with Crippen molar-refractivity contribution in [2.75, 3.05) is 0 Å².